The topological polar surface area (TPSA) is 141 Å². The number of nitrogens with one attached hydrogen (secondary N) is 2. The number of carbonyl (C=O) groups is 2. The van der Waals surface area contributed by atoms with Gasteiger partial charge in [-0.1, -0.05) is 6.07 Å². The third-order valence-corrected chi connectivity index (χ3v) is 6.61. The lowest BCUT2D eigenvalue weighted by atomic mass is 9.88. The number of amides is 2. The van der Waals surface area contributed by atoms with E-state index in [1.54, 1.807) is 36.1 Å². The first kappa shape index (κ1) is 25.5. The fraction of sp³-hybridized carbons (Fsp3) is 0.360. The molecule has 3 rings (SSSR count). The minimum Gasteiger partial charge on any atom is -0.465 e. The van der Waals surface area contributed by atoms with Gasteiger partial charge in [0.05, 0.1) is 17.6 Å². The highest BCUT2D eigenvalue weighted by atomic mass is 16.4. The van der Waals surface area contributed by atoms with Gasteiger partial charge in [0.1, 0.15) is 17.2 Å². The number of hydrogen-bond donors (Lipinski definition) is 4. The fourth-order valence-electron chi connectivity index (χ4n) is 4.13. The number of amidine groups is 1. The molecule has 0 aliphatic carbocycles. The van der Waals surface area contributed by atoms with Crippen LogP contribution in [0.3, 0.4) is 0 Å². The van der Waals surface area contributed by atoms with E-state index in [2.05, 4.69) is 5.32 Å². The van der Waals surface area contributed by atoms with Crippen LogP contribution in [0.25, 0.3) is 11.0 Å². The Bertz CT molecular complexity index is 1250. The number of hydrogen-bond acceptors (Lipinski definition) is 5. The maximum absolute atomic E-state index is 13.5. The van der Waals surface area contributed by atoms with Gasteiger partial charge < -0.3 is 25.6 Å². The molecule has 0 radical (unpaired) electrons. The van der Waals surface area contributed by atoms with Gasteiger partial charge in [-0.3, -0.25) is 15.1 Å². The van der Waals surface area contributed by atoms with Crippen molar-refractivity contribution in [3.05, 3.63) is 59.4 Å². The molecule has 1 atom stereocenters. The quantitative estimate of drug-likeness (QED) is 0.274. The van der Waals surface area contributed by atoms with Gasteiger partial charge in [0, 0.05) is 38.4 Å². The van der Waals surface area contributed by atoms with Crippen LogP contribution in [0.1, 0.15) is 37.7 Å². The van der Waals surface area contributed by atoms with Crippen LogP contribution in [0.4, 0.5) is 10.5 Å². The van der Waals surface area contributed by atoms with Crippen LogP contribution in [0.5, 0.6) is 0 Å². The zero-order valence-electron chi connectivity index (χ0n) is 20.8. The summed E-state index contributed by atoms with van der Waals surface area (Å²) in [5, 5.41) is 20.6. The first-order valence-electron chi connectivity index (χ1n) is 11.4. The Morgan fingerprint density at radius 1 is 1.17 bits per heavy atom. The molecule has 1 aromatic heterocycles. The third-order valence-electron chi connectivity index (χ3n) is 6.61. The van der Waals surface area contributed by atoms with Crippen molar-refractivity contribution >= 4 is 34.6 Å². The average Bonchev–Trinajstić information content (AvgIpc) is 3.17. The number of aromatic nitrogens is 2. The molecule has 3 aromatic rings. The lowest BCUT2D eigenvalue weighted by molar-refractivity contribution is -0.142. The number of rotatable bonds is 9. The predicted molar refractivity (Wildman–Crippen MR) is 137 cm³/mol. The Morgan fingerprint density at radius 2 is 1.80 bits per heavy atom. The summed E-state index contributed by atoms with van der Waals surface area (Å²) in [7, 11) is 3.33. The number of benzene rings is 2. The molecule has 0 aliphatic rings. The Morgan fingerprint density at radius 3 is 2.34 bits per heavy atom. The van der Waals surface area contributed by atoms with E-state index in [4.69, 9.17) is 16.1 Å². The van der Waals surface area contributed by atoms with Crippen LogP contribution in [0.15, 0.2) is 42.5 Å². The normalized spacial score (nSPS) is 12.7. The van der Waals surface area contributed by atoms with Gasteiger partial charge in [-0.05, 0) is 62.7 Å². The van der Waals surface area contributed by atoms with E-state index in [0.717, 1.165) is 21.9 Å². The second-order valence-corrected chi connectivity index (χ2v) is 8.53. The molecule has 5 N–H and O–H groups in total. The molecule has 10 heteroatoms. The zero-order chi connectivity index (χ0) is 25.9. The molecule has 0 saturated carbocycles. The summed E-state index contributed by atoms with van der Waals surface area (Å²) >= 11 is 0. The van der Waals surface area contributed by atoms with E-state index in [1.807, 2.05) is 43.7 Å². The third kappa shape index (κ3) is 4.77. The number of imidazole rings is 1. The van der Waals surface area contributed by atoms with Crippen molar-refractivity contribution in [3.63, 3.8) is 0 Å². The van der Waals surface area contributed by atoms with Crippen molar-refractivity contribution in [2.45, 2.75) is 32.9 Å². The highest BCUT2D eigenvalue weighted by Gasteiger charge is 2.44. The van der Waals surface area contributed by atoms with Crippen molar-refractivity contribution in [2.24, 2.45) is 12.8 Å². The molecular weight excluding hydrogens is 446 g/mol. The van der Waals surface area contributed by atoms with Gasteiger partial charge in [-0.15, -0.1) is 0 Å². The standard InChI is InChI=1S/C25H33N7O3/c1-6-32(7-2)23(33)25(3,31(5)24(34)35)17-10-13-20-19(14-17)29-21(30(20)4)15-28-18-11-8-16(9-12-18)22(26)27/h8-14,28H,6-7,15H2,1-5H3,(H3,26,27)(H,34,35). The average molecular weight is 480 g/mol. The Balaban J connectivity index is 1.96. The fourth-order valence-corrected chi connectivity index (χ4v) is 4.13. The Hall–Kier alpha value is -4.08. The maximum Gasteiger partial charge on any atom is 0.408 e. The number of likely N-dealkylation sites (N-methyl/N-ethyl adjacent to an activating group) is 2. The van der Waals surface area contributed by atoms with Crippen molar-refractivity contribution in [1.29, 1.82) is 5.41 Å². The minimum absolute atomic E-state index is 0.0164. The summed E-state index contributed by atoms with van der Waals surface area (Å²) in [6, 6.07) is 12.7. The van der Waals surface area contributed by atoms with E-state index in [1.165, 1.54) is 7.05 Å². The predicted octanol–water partition coefficient (Wildman–Crippen LogP) is 3.16. The van der Waals surface area contributed by atoms with Gasteiger partial charge >= 0.3 is 6.09 Å². The van der Waals surface area contributed by atoms with Crippen molar-refractivity contribution in [2.75, 3.05) is 25.5 Å². The van der Waals surface area contributed by atoms with Gasteiger partial charge in [-0.25, -0.2) is 9.78 Å². The highest BCUT2D eigenvalue weighted by Crippen LogP contribution is 2.32. The van der Waals surface area contributed by atoms with Crippen LogP contribution >= 0.6 is 0 Å². The lowest BCUT2D eigenvalue weighted by Crippen LogP contribution is -2.55. The number of aryl methyl sites for hydroxylation is 1. The number of nitrogens with zero attached hydrogens (tertiary/aromatic N) is 4. The largest absolute Gasteiger partial charge is 0.465 e. The number of carboxylic acid groups (broad SMARTS) is 1. The van der Waals surface area contributed by atoms with Gasteiger partial charge in [0.2, 0.25) is 0 Å². The molecule has 0 aliphatic heterocycles. The maximum atomic E-state index is 13.5. The second kappa shape index (κ2) is 10.0. The smallest absolute Gasteiger partial charge is 0.408 e. The Labute approximate surface area is 204 Å². The number of nitrogens with two attached hydrogens (primary N) is 1. The zero-order valence-corrected chi connectivity index (χ0v) is 20.8. The highest BCUT2D eigenvalue weighted by molar-refractivity contribution is 5.95. The number of nitrogen functional groups attached to an aromatic ring is 1. The molecule has 186 valence electrons. The molecule has 0 bridgehead atoms. The minimum atomic E-state index is -1.40. The van der Waals surface area contributed by atoms with E-state index in [-0.39, 0.29) is 11.7 Å². The summed E-state index contributed by atoms with van der Waals surface area (Å²) in [6.07, 6.45) is -1.19. The molecule has 1 unspecified atom stereocenters. The van der Waals surface area contributed by atoms with Crippen molar-refractivity contribution < 1.29 is 14.7 Å². The van der Waals surface area contributed by atoms with Crippen LogP contribution in [-0.2, 0) is 23.9 Å². The number of anilines is 1. The van der Waals surface area contributed by atoms with Gasteiger partial charge in [0.25, 0.3) is 5.91 Å². The molecule has 2 aromatic carbocycles. The molecule has 35 heavy (non-hydrogen) atoms. The van der Waals surface area contributed by atoms with Crippen LogP contribution < -0.4 is 11.1 Å². The lowest BCUT2D eigenvalue weighted by Gasteiger charge is -2.39. The Kier molecular flexibility index (Phi) is 7.33. The number of fused-ring (bicyclic) bond motifs is 1. The van der Waals surface area contributed by atoms with Crippen molar-refractivity contribution in [1.82, 2.24) is 19.4 Å². The summed E-state index contributed by atoms with van der Waals surface area (Å²) in [5.74, 6) is 0.512. The van der Waals surface area contributed by atoms with E-state index < -0.39 is 11.6 Å². The van der Waals surface area contributed by atoms with E-state index >= 15 is 0 Å². The molecular formula is C25H33N7O3. The molecule has 2 amide bonds. The number of carbonyl (C=O) groups excluding carboxylic acids is 1. The summed E-state index contributed by atoms with van der Waals surface area (Å²) in [5.41, 5.74) is 7.73. The van der Waals surface area contributed by atoms with Crippen LogP contribution in [-0.4, -0.2) is 62.4 Å². The van der Waals surface area contributed by atoms with Crippen molar-refractivity contribution in [3.8, 4) is 0 Å². The molecule has 1 heterocycles. The first-order valence-corrected chi connectivity index (χ1v) is 11.4. The molecule has 0 fully saturated rings. The summed E-state index contributed by atoms with van der Waals surface area (Å²) in [4.78, 5) is 32.8. The first-order chi connectivity index (χ1) is 16.5. The van der Waals surface area contributed by atoms with E-state index in [0.29, 0.717) is 36.3 Å². The SMILES string of the molecule is CCN(CC)C(=O)C(C)(c1ccc2c(c1)nc(CNc1ccc(C(=N)N)cc1)n2C)N(C)C(=O)O. The summed E-state index contributed by atoms with van der Waals surface area (Å²) < 4.78 is 1.96. The second-order valence-electron chi connectivity index (χ2n) is 8.53. The molecule has 10 nitrogen and oxygen atoms in total. The van der Waals surface area contributed by atoms with Crippen LogP contribution in [0, 0.1) is 5.41 Å². The summed E-state index contributed by atoms with van der Waals surface area (Å²) in [6.45, 7) is 6.79. The monoisotopic (exact) mass is 479 g/mol. The van der Waals surface area contributed by atoms with E-state index in [9.17, 15) is 14.7 Å². The van der Waals surface area contributed by atoms with Gasteiger partial charge in [0.15, 0.2) is 0 Å². The van der Waals surface area contributed by atoms with Gasteiger partial charge in [-0.2, -0.15) is 0 Å². The molecule has 0 saturated heterocycles. The van der Waals surface area contributed by atoms with Crippen LogP contribution in [0.2, 0.25) is 0 Å². The molecule has 0 spiro atoms.